The molecule has 124 valence electrons. The molecule has 5 heteroatoms. The van der Waals surface area contributed by atoms with Crippen LogP contribution in [-0.2, 0) is 0 Å². The smallest absolute Gasteiger partial charge is 0.254 e. The van der Waals surface area contributed by atoms with Gasteiger partial charge >= 0.3 is 0 Å². The van der Waals surface area contributed by atoms with Gasteiger partial charge in [-0.15, -0.1) is 11.3 Å². The van der Waals surface area contributed by atoms with E-state index in [4.69, 9.17) is 0 Å². The maximum absolute atomic E-state index is 13.1. The number of carbonyl (C=O) groups is 2. The van der Waals surface area contributed by atoms with Crippen LogP contribution in [0.25, 0.3) is 0 Å². The van der Waals surface area contributed by atoms with Crippen molar-refractivity contribution in [1.29, 1.82) is 0 Å². The summed E-state index contributed by atoms with van der Waals surface area (Å²) in [5.41, 5.74) is 1.03. The van der Waals surface area contributed by atoms with E-state index in [1.54, 1.807) is 12.1 Å². The van der Waals surface area contributed by atoms with Gasteiger partial charge in [0.05, 0.1) is 10.4 Å². The van der Waals surface area contributed by atoms with Crippen LogP contribution >= 0.6 is 11.3 Å². The molecular weight excluding hydrogens is 320 g/mol. The molecule has 0 saturated carbocycles. The van der Waals surface area contributed by atoms with Gasteiger partial charge in [0.2, 0.25) is 5.78 Å². The molecule has 2 bridgehead atoms. The Hall–Kier alpha value is -1.98. The molecule has 2 fully saturated rings. The van der Waals surface area contributed by atoms with Gasteiger partial charge in [0.15, 0.2) is 0 Å². The van der Waals surface area contributed by atoms with E-state index in [1.165, 1.54) is 17.8 Å². The molecule has 2 aromatic rings. The number of nitrogens with one attached hydrogen (secondary N) is 1. The number of hydrogen-bond donors (Lipinski definition) is 1. The van der Waals surface area contributed by atoms with Gasteiger partial charge in [-0.05, 0) is 36.8 Å². The molecule has 1 amide bonds. The van der Waals surface area contributed by atoms with E-state index in [0.717, 1.165) is 25.9 Å². The Labute approximate surface area is 145 Å². The normalized spacial score (nSPS) is 23.1. The summed E-state index contributed by atoms with van der Waals surface area (Å²) < 4.78 is 0. The summed E-state index contributed by atoms with van der Waals surface area (Å²) in [6.07, 6.45) is 3.33. The molecule has 2 aliphatic heterocycles. The van der Waals surface area contributed by atoms with Gasteiger partial charge in [0, 0.05) is 30.7 Å². The average Bonchev–Trinajstić information content (AvgIpc) is 3.23. The summed E-state index contributed by atoms with van der Waals surface area (Å²) >= 11 is 1.41. The van der Waals surface area contributed by atoms with E-state index >= 15 is 0 Å². The van der Waals surface area contributed by atoms with Crippen LogP contribution in [-0.4, -0.2) is 41.8 Å². The number of amides is 1. The molecule has 4 rings (SSSR count). The Bertz CT molecular complexity index is 756. The second kappa shape index (κ2) is 6.49. The van der Waals surface area contributed by atoms with Gasteiger partial charge in [0.1, 0.15) is 0 Å². The van der Waals surface area contributed by atoms with Crippen molar-refractivity contribution in [1.82, 2.24) is 10.2 Å². The Morgan fingerprint density at radius 1 is 1.00 bits per heavy atom. The Morgan fingerprint density at radius 2 is 1.79 bits per heavy atom. The van der Waals surface area contributed by atoms with Crippen molar-refractivity contribution in [3.63, 3.8) is 0 Å². The minimum absolute atomic E-state index is 0.0233. The lowest BCUT2D eigenvalue weighted by Gasteiger charge is -2.25. The van der Waals surface area contributed by atoms with E-state index in [2.05, 4.69) is 5.32 Å². The highest BCUT2D eigenvalue weighted by molar-refractivity contribution is 7.12. The van der Waals surface area contributed by atoms with Crippen LogP contribution in [0, 0.1) is 0 Å². The van der Waals surface area contributed by atoms with Gasteiger partial charge in [0.25, 0.3) is 5.91 Å². The maximum Gasteiger partial charge on any atom is 0.254 e. The Kier molecular flexibility index (Phi) is 4.21. The summed E-state index contributed by atoms with van der Waals surface area (Å²) in [5, 5.41) is 5.47. The highest BCUT2D eigenvalue weighted by Crippen LogP contribution is 2.24. The summed E-state index contributed by atoms with van der Waals surface area (Å²) in [6.45, 7) is 1.49. The standard InChI is InChI=1S/C19H20N2O2S/c22-18(17-6-3-11-24-17)15-4-1-2-5-16(15)19(23)21-10-9-13-7-8-14(12-21)20-13/h1-6,11,13-14,20H,7-10,12H2. The summed E-state index contributed by atoms with van der Waals surface area (Å²) in [6, 6.07) is 11.8. The molecule has 4 nitrogen and oxygen atoms in total. The second-order valence-corrected chi connectivity index (χ2v) is 7.48. The molecule has 2 atom stereocenters. The van der Waals surface area contributed by atoms with Crippen molar-refractivity contribution < 1.29 is 9.59 Å². The van der Waals surface area contributed by atoms with Crippen LogP contribution in [0.2, 0.25) is 0 Å². The number of rotatable bonds is 3. The third-order valence-electron chi connectivity index (χ3n) is 4.96. The molecule has 2 aliphatic rings. The van der Waals surface area contributed by atoms with Crippen molar-refractivity contribution >= 4 is 23.0 Å². The van der Waals surface area contributed by atoms with Crippen molar-refractivity contribution in [3.8, 4) is 0 Å². The van der Waals surface area contributed by atoms with Crippen molar-refractivity contribution in [2.45, 2.75) is 31.3 Å². The van der Waals surface area contributed by atoms with Gasteiger partial charge in [-0.25, -0.2) is 0 Å². The molecule has 24 heavy (non-hydrogen) atoms. The lowest BCUT2D eigenvalue weighted by atomic mass is 10.0. The van der Waals surface area contributed by atoms with Crippen molar-refractivity contribution in [2.24, 2.45) is 0 Å². The fourth-order valence-corrected chi connectivity index (χ4v) is 4.38. The molecule has 0 aliphatic carbocycles. The molecular formula is C19H20N2O2S. The van der Waals surface area contributed by atoms with Crippen LogP contribution < -0.4 is 5.32 Å². The first kappa shape index (κ1) is 15.5. The molecule has 2 saturated heterocycles. The third-order valence-corrected chi connectivity index (χ3v) is 5.83. The topological polar surface area (TPSA) is 49.4 Å². The number of hydrogen-bond acceptors (Lipinski definition) is 4. The van der Waals surface area contributed by atoms with Crippen molar-refractivity contribution in [2.75, 3.05) is 13.1 Å². The molecule has 0 spiro atoms. The molecule has 1 N–H and O–H groups in total. The lowest BCUT2D eigenvalue weighted by molar-refractivity contribution is 0.0744. The zero-order chi connectivity index (χ0) is 16.5. The molecule has 1 aromatic carbocycles. The molecule has 2 unspecified atom stereocenters. The quantitative estimate of drug-likeness (QED) is 0.874. The number of likely N-dealkylation sites (tertiary alicyclic amines) is 1. The van der Waals surface area contributed by atoms with Gasteiger partial charge in [-0.3, -0.25) is 9.59 Å². The highest BCUT2D eigenvalue weighted by Gasteiger charge is 2.32. The number of carbonyl (C=O) groups excluding carboxylic acids is 2. The Balaban J connectivity index is 1.62. The van der Waals surface area contributed by atoms with Crippen LogP contribution in [0.1, 0.15) is 44.9 Å². The summed E-state index contributed by atoms with van der Waals surface area (Å²) in [5.74, 6) is -0.0896. The second-order valence-electron chi connectivity index (χ2n) is 6.53. The van der Waals surface area contributed by atoms with E-state index in [-0.39, 0.29) is 11.7 Å². The highest BCUT2D eigenvalue weighted by atomic mass is 32.1. The van der Waals surface area contributed by atoms with Gasteiger partial charge in [-0.1, -0.05) is 24.3 Å². The number of nitrogens with zero attached hydrogens (tertiary/aromatic N) is 1. The Morgan fingerprint density at radius 3 is 2.58 bits per heavy atom. The first-order valence-electron chi connectivity index (χ1n) is 8.45. The van der Waals surface area contributed by atoms with E-state index in [9.17, 15) is 9.59 Å². The minimum Gasteiger partial charge on any atom is -0.337 e. The molecule has 0 radical (unpaired) electrons. The first-order valence-corrected chi connectivity index (χ1v) is 9.33. The number of benzene rings is 1. The first-order chi connectivity index (χ1) is 11.7. The monoisotopic (exact) mass is 340 g/mol. The zero-order valence-corrected chi connectivity index (χ0v) is 14.2. The fourth-order valence-electron chi connectivity index (χ4n) is 3.71. The third kappa shape index (κ3) is 2.89. The molecule has 1 aromatic heterocycles. The predicted octanol–water partition coefficient (Wildman–Crippen LogP) is 2.95. The lowest BCUT2D eigenvalue weighted by Crippen LogP contribution is -2.39. The maximum atomic E-state index is 13.1. The van der Waals surface area contributed by atoms with Crippen LogP contribution in [0.4, 0.5) is 0 Å². The van der Waals surface area contributed by atoms with Crippen molar-refractivity contribution in [3.05, 3.63) is 57.8 Å². The average molecular weight is 340 g/mol. The fraction of sp³-hybridized carbons (Fsp3) is 0.368. The van der Waals surface area contributed by atoms with E-state index in [1.807, 2.05) is 34.5 Å². The van der Waals surface area contributed by atoms with Gasteiger partial charge in [-0.2, -0.15) is 0 Å². The zero-order valence-electron chi connectivity index (χ0n) is 13.4. The van der Waals surface area contributed by atoms with Crippen LogP contribution in [0.5, 0.6) is 0 Å². The van der Waals surface area contributed by atoms with Gasteiger partial charge < -0.3 is 10.2 Å². The van der Waals surface area contributed by atoms with E-state index < -0.39 is 0 Å². The SMILES string of the molecule is O=C(c1cccs1)c1ccccc1C(=O)N1CCC2CCC(C1)N2. The summed E-state index contributed by atoms with van der Waals surface area (Å²) in [4.78, 5) is 28.4. The minimum atomic E-state index is -0.0663. The number of ketones is 1. The van der Waals surface area contributed by atoms with Crippen LogP contribution in [0.15, 0.2) is 41.8 Å². The van der Waals surface area contributed by atoms with Crippen LogP contribution in [0.3, 0.4) is 0 Å². The number of fused-ring (bicyclic) bond motifs is 2. The number of thiophene rings is 1. The van der Waals surface area contributed by atoms with E-state index in [0.29, 0.717) is 28.1 Å². The molecule has 3 heterocycles. The summed E-state index contributed by atoms with van der Waals surface area (Å²) in [7, 11) is 0. The predicted molar refractivity (Wildman–Crippen MR) is 94.7 cm³/mol. The largest absolute Gasteiger partial charge is 0.337 e.